The normalized spacial score (nSPS) is 13.4. The van der Waals surface area contributed by atoms with Crippen LogP contribution in [0.5, 0.6) is 5.75 Å². The van der Waals surface area contributed by atoms with Crippen molar-refractivity contribution in [1.82, 2.24) is 4.98 Å². The molecule has 25 heavy (non-hydrogen) atoms. The zero-order chi connectivity index (χ0) is 18.0. The number of aromatic nitrogens is 1. The molecule has 0 radical (unpaired) electrons. The second-order valence-corrected chi connectivity index (χ2v) is 5.66. The molecule has 6 heteroatoms. The SMILES string of the molecule is COC(C)(Oc1cccc(C(N)=O)c1)c1nc2ccccc2cc1F. The molecule has 0 saturated heterocycles. The van der Waals surface area contributed by atoms with Gasteiger partial charge in [-0.05, 0) is 30.3 Å². The molecule has 0 aliphatic rings. The summed E-state index contributed by atoms with van der Waals surface area (Å²) in [6.07, 6.45) is 0. The minimum atomic E-state index is -1.48. The van der Waals surface area contributed by atoms with Crippen LogP contribution in [-0.2, 0) is 10.5 Å². The van der Waals surface area contributed by atoms with Gasteiger partial charge in [-0.2, -0.15) is 0 Å². The van der Waals surface area contributed by atoms with Crippen LogP contribution in [0.4, 0.5) is 4.39 Å². The summed E-state index contributed by atoms with van der Waals surface area (Å²) in [6, 6.07) is 14.9. The van der Waals surface area contributed by atoms with Gasteiger partial charge in [0.15, 0.2) is 5.82 Å². The highest BCUT2D eigenvalue weighted by Crippen LogP contribution is 2.31. The van der Waals surface area contributed by atoms with Crippen molar-refractivity contribution < 1.29 is 18.7 Å². The Bertz CT molecular complexity index is 945. The number of hydrogen-bond acceptors (Lipinski definition) is 4. The molecule has 128 valence electrons. The minimum absolute atomic E-state index is 0.0122. The number of methoxy groups -OCH3 is 1. The lowest BCUT2D eigenvalue weighted by Crippen LogP contribution is -2.34. The number of primary amides is 1. The fraction of sp³-hybridized carbons (Fsp3) is 0.158. The third kappa shape index (κ3) is 3.29. The van der Waals surface area contributed by atoms with Gasteiger partial charge in [-0.15, -0.1) is 0 Å². The quantitative estimate of drug-likeness (QED) is 0.723. The average Bonchev–Trinajstić information content (AvgIpc) is 2.61. The van der Waals surface area contributed by atoms with Gasteiger partial charge in [0.1, 0.15) is 11.4 Å². The Hall–Kier alpha value is -2.99. The Balaban J connectivity index is 2.04. The summed E-state index contributed by atoms with van der Waals surface area (Å²) in [5.41, 5.74) is 6.19. The van der Waals surface area contributed by atoms with Crippen molar-refractivity contribution in [3.05, 3.63) is 71.7 Å². The molecule has 0 spiro atoms. The van der Waals surface area contributed by atoms with Crippen LogP contribution < -0.4 is 10.5 Å². The highest BCUT2D eigenvalue weighted by molar-refractivity contribution is 5.93. The third-order valence-electron chi connectivity index (χ3n) is 3.93. The maximum atomic E-state index is 14.6. The molecule has 5 nitrogen and oxygen atoms in total. The van der Waals surface area contributed by atoms with Gasteiger partial charge in [-0.25, -0.2) is 9.37 Å². The summed E-state index contributed by atoms with van der Waals surface area (Å²) in [4.78, 5) is 15.7. The van der Waals surface area contributed by atoms with Crippen molar-refractivity contribution in [2.24, 2.45) is 5.73 Å². The van der Waals surface area contributed by atoms with E-state index in [1.54, 1.807) is 37.3 Å². The lowest BCUT2D eigenvalue weighted by molar-refractivity contribution is -0.162. The first-order valence-electron chi connectivity index (χ1n) is 7.63. The van der Waals surface area contributed by atoms with Crippen LogP contribution in [0.1, 0.15) is 23.0 Å². The zero-order valence-electron chi connectivity index (χ0n) is 13.8. The molecular weight excluding hydrogens is 323 g/mol. The molecular formula is C19H17FN2O3. The van der Waals surface area contributed by atoms with Crippen LogP contribution in [0.15, 0.2) is 54.6 Å². The van der Waals surface area contributed by atoms with E-state index in [-0.39, 0.29) is 11.3 Å². The lowest BCUT2D eigenvalue weighted by atomic mass is 10.1. The van der Waals surface area contributed by atoms with Crippen LogP contribution in [0.3, 0.4) is 0 Å². The Morgan fingerprint density at radius 2 is 1.92 bits per heavy atom. The molecule has 0 aliphatic carbocycles. The third-order valence-corrected chi connectivity index (χ3v) is 3.93. The predicted octanol–water partition coefficient (Wildman–Crippen LogP) is 3.37. The van der Waals surface area contributed by atoms with E-state index in [2.05, 4.69) is 4.98 Å². The molecule has 0 bridgehead atoms. The monoisotopic (exact) mass is 340 g/mol. The number of carbonyl (C=O) groups is 1. The highest BCUT2D eigenvalue weighted by atomic mass is 19.1. The van der Waals surface area contributed by atoms with Gasteiger partial charge in [0.25, 0.3) is 5.79 Å². The number of halogens is 1. The molecule has 0 saturated carbocycles. The molecule has 1 amide bonds. The molecule has 2 N–H and O–H groups in total. The Morgan fingerprint density at radius 3 is 2.64 bits per heavy atom. The number of nitrogens with zero attached hydrogens (tertiary/aromatic N) is 1. The van der Waals surface area contributed by atoms with E-state index in [9.17, 15) is 9.18 Å². The van der Waals surface area contributed by atoms with Crippen molar-refractivity contribution in [3.63, 3.8) is 0 Å². The summed E-state index contributed by atoms with van der Waals surface area (Å²) in [6.45, 7) is 1.56. The number of para-hydroxylation sites is 1. The van der Waals surface area contributed by atoms with Crippen LogP contribution in [0, 0.1) is 5.82 Å². The van der Waals surface area contributed by atoms with E-state index in [0.29, 0.717) is 16.7 Å². The lowest BCUT2D eigenvalue weighted by Gasteiger charge is -2.29. The summed E-state index contributed by atoms with van der Waals surface area (Å²) < 4.78 is 25.9. The number of rotatable bonds is 5. The smallest absolute Gasteiger partial charge is 0.254 e. The molecule has 0 fully saturated rings. The second-order valence-electron chi connectivity index (χ2n) is 5.66. The molecule has 1 unspecified atom stereocenters. The standard InChI is InChI=1S/C19H17FN2O3/c1-19(24-2,25-14-8-5-7-13(10-14)18(21)23)17-15(20)11-12-6-3-4-9-16(12)22-17/h3-11H,1-2H3,(H2,21,23). The first-order valence-corrected chi connectivity index (χ1v) is 7.63. The number of fused-ring (bicyclic) bond motifs is 1. The van der Waals surface area contributed by atoms with E-state index in [0.717, 1.165) is 0 Å². The Morgan fingerprint density at radius 1 is 1.16 bits per heavy atom. The van der Waals surface area contributed by atoms with Crippen molar-refractivity contribution in [3.8, 4) is 5.75 Å². The van der Waals surface area contributed by atoms with Gasteiger partial charge in [0, 0.05) is 25.0 Å². The van der Waals surface area contributed by atoms with E-state index in [4.69, 9.17) is 15.2 Å². The molecule has 0 aliphatic heterocycles. The number of pyridine rings is 1. The van der Waals surface area contributed by atoms with Crippen LogP contribution >= 0.6 is 0 Å². The van der Waals surface area contributed by atoms with Gasteiger partial charge < -0.3 is 15.2 Å². The first-order chi connectivity index (χ1) is 11.9. The number of nitrogens with two attached hydrogens (primary N) is 1. The highest BCUT2D eigenvalue weighted by Gasteiger charge is 2.34. The molecule has 2 aromatic carbocycles. The minimum Gasteiger partial charge on any atom is -0.456 e. The van der Waals surface area contributed by atoms with Gasteiger partial charge in [-0.3, -0.25) is 4.79 Å². The van der Waals surface area contributed by atoms with E-state index in [1.807, 2.05) is 12.1 Å². The van der Waals surface area contributed by atoms with Gasteiger partial charge in [0.2, 0.25) is 5.91 Å². The van der Waals surface area contributed by atoms with Crippen LogP contribution in [-0.4, -0.2) is 18.0 Å². The first kappa shape index (κ1) is 16.9. The summed E-state index contributed by atoms with van der Waals surface area (Å²) in [7, 11) is 1.40. The number of benzene rings is 2. The fourth-order valence-electron chi connectivity index (χ4n) is 2.53. The van der Waals surface area contributed by atoms with E-state index >= 15 is 0 Å². The average molecular weight is 340 g/mol. The molecule has 3 aromatic rings. The topological polar surface area (TPSA) is 74.4 Å². The predicted molar refractivity (Wildman–Crippen MR) is 91.6 cm³/mol. The number of carbonyl (C=O) groups excluding carboxylic acids is 1. The molecule has 3 rings (SSSR count). The molecule has 1 heterocycles. The van der Waals surface area contributed by atoms with E-state index in [1.165, 1.54) is 19.2 Å². The van der Waals surface area contributed by atoms with Gasteiger partial charge >= 0.3 is 0 Å². The molecule has 1 atom stereocenters. The molecule has 1 aromatic heterocycles. The summed E-state index contributed by atoms with van der Waals surface area (Å²) in [5, 5.41) is 0.679. The van der Waals surface area contributed by atoms with Crippen molar-refractivity contribution in [2.45, 2.75) is 12.7 Å². The van der Waals surface area contributed by atoms with Crippen molar-refractivity contribution in [1.29, 1.82) is 0 Å². The summed E-state index contributed by atoms with van der Waals surface area (Å²) >= 11 is 0. The Kier molecular flexibility index (Phi) is 4.37. The second kappa shape index (κ2) is 6.49. The maximum absolute atomic E-state index is 14.6. The largest absolute Gasteiger partial charge is 0.456 e. The Labute approximate surface area is 144 Å². The van der Waals surface area contributed by atoms with Gasteiger partial charge in [-0.1, -0.05) is 24.3 Å². The number of ether oxygens (including phenoxy) is 2. The van der Waals surface area contributed by atoms with Crippen LogP contribution in [0.25, 0.3) is 10.9 Å². The number of amides is 1. The van der Waals surface area contributed by atoms with Crippen molar-refractivity contribution in [2.75, 3.05) is 7.11 Å². The number of hydrogen-bond donors (Lipinski definition) is 1. The van der Waals surface area contributed by atoms with E-state index < -0.39 is 17.5 Å². The van der Waals surface area contributed by atoms with Crippen LogP contribution in [0.2, 0.25) is 0 Å². The maximum Gasteiger partial charge on any atom is 0.254 e. The zero-order valence-corrected chi connectivity index (χ0v) is 13.8. The summed E-state index contributed by atoms with van der Waals surface area (Å²) in [5.74, 6) is -2.30. The fourth-order valence-corrected chi connectivity index (χ4v) is 2.53. The van der Waals surface area contributed by atoms with Gasteiger partial charge in [0.05, 0.1) is 5.52 Å². The van der Waals surface area contributed by atoms with Crippen molar-refractivity contribution >= 4 is 16.8 Å².